The predicted octanol–water partition coefficient (Wildman–Crippen LogP) is 6.38. The fraction of sp³-hybridized carbons (Fsp3) is 0.394. The van der Waals surface area contributed by atoms with Crippen LogP contribution >= 0.6 is 0 Å². The van der Waals surface area contributed by atoms with Crippen molar-refractivity contribution in [1.82, 2.24) is 15.1 Å². The standard InChI is InChI=1S/C33H43N3O/c1-28(34-2)32-16-12-30(13-17-32)27-36(24-20-29-10-4-3-5-11-29)23-8-9-25-37-33-18-14-31(15-19-33)26-35-21-6-7-22-35/h3-5,10-19,34H,1,6-9,20-27H2,2H3. The molecule has 1 aliphatic heterocycles. The van der Waals surface area contributed by atoms with Gasteiger partial charge >= 0.3 is 0 Å². The van der Waals surface area contributed by atoms with Crippen molar-refractivity contribution < 1.29 is 4.74 Å². The van der Waals surface area contributed by atoms with E-state index in [9.17, 15) is 0 Å². The number of hydrogen-bond acceptors (Lipinski definition) is 4. The van der Waals surface area contributed by atoms with Crippen molar-refractivity contribution >= 4 is 5.70 Å². The van der Waals surface area contributed by atoms with Gasteiger partial charge in [0.1, 0.15) is 5.75 Å². The Kier molecular flexibility index (Phi) is 10.6. The van der Waals surface area contributed by atoms with E-state index in [0.717, 1.165) is 69.1 Å². The maximum absolute atomic E-state index is 6.06. The van der Waals surface area contributed by atoms with Crippen LogP contribution in [0, 0.1) is 0 Å². The summed E-state index contributed by atoms with van der Waals surface area (Å²) in [6, 6.07) is 28.3. The van der Waals surface area contributed by atoms with Crippen LogP contribution < -0.4 is 10.1 Å². The first-order valence-electron chi connectivity index (χ1n) is 13.9. The zero-order valence-corrected chi connectivity index (χ0v) is 22.5. The van der Waals surface area contributed by atoms with Gasteiger partial charge in [0.15, 0.2) is 0 Å². The van der Waals surface area contributed by atoms with Crippen LogP contribution in [0.1, 0.15) is 47.9 Å². The molecule has 196 valence electrons. The number of ether oxygens (including phenoxy) is 1. The van der Waals surface area contributed by atoms with Crippen molar-refractivity contribution in [3.63, 3.8) is 0 Å². The second kappa shape index (κ2) is 14.6. The highest BCUT2D eigenvalue weighted by Gasteiger charge is 2.12. The molecule has 4 heteroatoms. The molecule has 37 heavy (non-hydrogen) atoms. The average molecular weight is 498 g/mol. The fourth-order valence-electron chi connectivity index (χ4n) is 4.93. The molecule has 3 aromatic carbocycles. The van der Waals surface area contributed by atoms with Gasteiger partial charge in [0, 0.05) is 32.4 Å². The first kappa shape index (κ1) is 27.0. The molecule has 0 atom stereocenters. The van der Waals surface area contributed by atoms with E-state index in [1.165, 1.54) is 42.6 Å². The van der Waals surface area contributed by atoms with Gasteiger partial charge in [-0.05, 0) is 86.1 Å². The van der Waals surface area contributed by atoms with Crippen molar-refractivity contribution in [2.45, 2.75) is 45.2 Å². The second-order valence-electron chi connectivity index (χ2n) is 10.1. The number of nitrogens with zero attached hydrogens (tertiary/aromatic N) is 2. The van der Waals surface area contributed by atoms with Crippen LogP contribution in [-0.4, -0.2) is 49.6 Å². The molecule has 0 saturated carbocycles. The minimum Gasteiger partial charge on any atom is -0.494 e. The summed E-state index contributed by atoms with van der Waals surface area (Å²) >= 11 is 0. The lowest BCUT2D eigenvalue weighted by Crippen LogP contribution is -2.27. The molecule has 4 rings (SSSR count). The Morgan fingerprint density at radius 3 is 2.24 bits per heavy atom. The molecule has 0 spiro atoms. The van der Waals surface area contributed by atoms with Gasteiger partial charge in [0.2, 0.25) is 0 Å². The number of likely N-dealkylation sites (tertiary alicyclic amines) is 1. The van der Waals surface area contributed by atoms with Gasteiger partial charge in [-0.1, -0.05) is 73.3 Å². The summed E-state index contributed by atoms with van der Waals surface area (Å²) in [5, 5.41) is 3.13. The predicted molar refractivity (Wildman–Crippen MR) is 156 cm³/mol. The van der Waals surface area contributed by atoms with Gasteiger partial charge in [0.05, 0.1) is 6.61 Å². The van der Waals surface area contributed by atoms with Gasteiger partial charge < -0.3 is 10.1 Å². The van der Waals surface area contributed by atoms with Crippen molar-refractivity contribution in [2.75, 3.05) is 39.8 Å². The molecule has 0 aromatic heterocycles. The highest BCUT2D eigenvalue weighted by Crippen LogP contribution is 2.17. The van der Waals surface area contributed by atoms with E-state index in [2.05, 4.69) is 101 Å². The Labute approximate surface area is 224 Å². The lowest BCUT2D eigenvalue weighted by Gasteiger charge is -2.23. The lowest BCUT2D eigenvalue weighted by atomic mass is 10.1. The molecule has 0 bridgehead atoms. The van der Waals surface area contributed by atoms with Crippen LogP contribution in [0.5, 0.6) is 5.75 Å². The largest absolute Gasteiger partial charge is 0.494 e. The smallest absolute Gasteiger partial charge is 0.119 e. The molecule has 1 aliphatic rings. The van der Waals surface area contributed by atoms with Crippen molar-refractivity contribution in [2.24, 2.45) is 0 Å². The van der Waals surface area contributed by atoms with Gasteiger partial charge in [-0.15, -0.1) is 0 Å². The Morgan fingerprint density at radius 2 is 1.54 bits per heavy atom. The van der Waals surface area contributed by atoms with Crippen LogP contribution in [0.15, 0.2) is 85.4 Å². The summed E-state index contributed by atoms with van der Waals surface area (Å²) in [7, 11) is 1.91. The highest BCUT2D eigenvalue weighted by molar-refractivity contribution is 5.61. The zero-order valence-electron chi connectivity index (χ0n) is 22.5. The maximum atomic E-state index is 6.06. The van der Waals surface area contributed by atoms with E-state index in [-0.39, 0.29) is 0 Å². The third-order valence-electron chi connectivity index (χ3n) is 7.24. The third-order valence-corrected chi connectivity index (χ3v) is 7.24. The van der Waals surface area contributed by atoms with E-state index in [1.54, 1.807) is 0 Å². The molecule has 1 N–H and O–H groups in total. The number of unbranched alkanes of at least 4 members (excludes halogenated alkanes) is 1. The second-order valence-corrected chi connectivity index (χ2v) is 10.1. The Hall–Kier alpha value is -3.08. The molecule has 0 unspecified atom stereocenters. The summed E-state index contributed by atoms with van der Waals surface area (Å²) in [6.07, 6.45) is 5.92. The van der Waals surface area contributed by atoms with Crippen LogP contribution in [0.3, 0.4) is 0 Å². The number of nitrogens with one attached hydrogen (secondary N) is 1. The molecular formula is C33H43N3O. The molecular weight excluding hydrogens is 454 g/mol. The van der Waals surface area contributed by atoms with Crippen molar-refractivity contribution in [1.29, 1.82) is 0 Å². The van der Waals surface area contributed by atoms with Gasteiger partial charge in [-0.2, -0.15) is 0 Å². The van der Waals surface area contributed by atoms with Gasteiger partial charge in [0.25, 0.3) is 0 Å². The van der Waals surface area contributed by atoms with E-state index < -0.39 is 0 Å². The first-order valence-corrected chi connectivity index (χ1v) is 13.9. The van der Waals surface area contributed by atoms with Crippen LogP contribution in [0.2, 0.25) is 0 Å². The fourth-order valence-corrected chi connectivity index (χ4v) is 4.93. The first-order chi connectivity index (χ1) is 18.2. The van der Waals surface area contributed by atoms with E-state index in [1.807, 2.05) is 7.05 Å². The maximum Gasteiger partial charge on any atom is 0.119 e. The topological polar surface area (TPSA) is 27.7 Å². The van der Waals surface area contributed by atoms with Crippen molar-refractivity contribution in [3.05, 3.63) is 108 Å². The van der Waals surface area contributed by atoms with Crippen LogP contribution in [-0.2, 0) is 19.5 Å². The number of benzene rings is 3. The third kappa shape index (κ3) is 9.07. The summed E-state index contributed by atoms with van der Waals surface area (Å²) in [5.74, 6) is 0.981. The molecule has 0 aliphatic carbocycles. The van der Waals surface area contributed by atoms with Crippen LogP contribution in [0.25, 0.3) is 5.70 Å². The minimum absolute atomic E-state index is 0.763. The molecule has 3 aromatic rings. The quantitative estimate of drug-likeness (QED) is 0.247. The zero-order chi connectivity index (χ0) is 25.7. The van der Waals surface area contributed by atoms with Crippen LogP contribution in [0.4, 0.5) is 0 Å². The highest BCUT2D eigenvalue weighted by atomic mass is 16.5. The van der Waals surface area contributed by atoms with Gasteiger partial charge in [-0.25, -0.2) is 0 Å². The molecule has 0 radical (unpaired) electrons. The summed E-state index contributed by atoms with van der Waals surface area (Å²) in [6.45, 7) is 11.4. The Balaban J connectivity index is 1.23. The molecule has 1 heterocycles. The summed E-state index contributed by atoms with van der Waals surface area (Å²) in [5.41, 5.74) is 6.21. The summed E-state index contributed by atoms with van der Waals surface area (Å²) in [4.78, 5) is 5.11. The lowest BCUT2D eigenvalue weighted by molar-refractivity contribution is 0.245. The van der Waals surface area contributed by atoms with E-state index >= 15 is 0 Å². The monoisotopic (exact) mass is 497 g/mol. The average Bonchev–Trinajstić information content (AvgIpc) is 3.46. The normalized spacial score (nSPS) is 13.7. The van der Waals surface area contributed by atoms with E-state index in [4.69, 9.17) is 4.74 Å². The Bertz CT molecular complexity index is 1060. The van der Waals surface area contributed by atoms with E-state index in [0.29, 0.717) is 0 Å². The SMILES string of the molecule is C=C(NC)c1ccc(CN(CCCCOc2ccc(CN3CCCC3)cc2)CCc2ccccc2)cc1. The molecule has 0 amide bonds. The molecule has 1 fully saturated rings. The molecule has 4 nitrogen and oxygen atoms in total. The van der Waals surface area contributed by atoms with Gasteiger partial charge in [-0.3, -0.25) is 9.80 Å². The number of rotatable bonds is 15. The van der Waals surface area contributed by atoms with Crippen molar-refractivity contribution in [3.8, 4) is 5.75 Å². The Morgan fingerprint density at radius 1 is 0.838 bits per heavy atom. The number of hydrogen-bond donors (Lipinski definition) is 1. The summed E-state index contributed by atoms with van der Waals surface area (Å²) < 4.78 is 6.06. The minimum atomic E-state index is 0.763. The molecule has 1 saturated heterocycles.